The molecule has 1 atom stereocenters. The largest absolute Gasteiger partial charge is 0.507 e. The van der Waals surface area contributed by atoms with Gasteiger partial charge in [0.2, 0.25) is 0 Å². The van der Waals surface area contributed by atoms with Crippen molar-refractivity contribution >= 4 is 33.9 Å². The van der Waals surface area contributed by atoms with Crippen LogP contribution in [0.1, 0.15) is 34.7 Å². The second-order valence-corrected chi connectivity index (χ2v) is 9.05. The highest BCUT2D eigenvalue weighted by molar-refractivity contribution is 7.16. The quantitative estimate of drug-likeness (QED) is 0.286. The number of hydrogen-bond acceptors (Lipinski definition) is 8. The fourth-order valence-corrected chi connectivity index (χ4v) is 4.90. The Morgan fingerprint density at radius 2 is 1.74 bits per heavy atom. The minimum absolute atomic E-state index is 0.0591. The second-order valence-electron chi connectivity index (χ2n) is 7.87. The predicted octanol–water partition coefficient (Wildman–Crippen LogP) is 4.80. The third kappa shape index (κ3) is 4.35. The van der Waals surface area contributed by atoms with Crippen molar-refractivity contribution in [3.8, 4) is 17.2 Å². The fraction of sp³-hybridized carbons (Fsp3) is 0.269. The van der Waals surface area contributed by atoms with Crippen molar-refractivity contribution in [2.45, 2.75) is 26.8 Å². The van der Waals surface area contributed by atoms with Gasteiger partial charge in [-0.1, -0.05) is 0 Å². The molecule has 1 N–H and O–H groups in total. The average Bonchev–Trinajstić information content (AvgIpc) is 3.33. The van der Waals surface area contributed by atoms with Crippen molar-refractivity contribution in [2.24, 2.45) is 0 Å². The molecule has 1 amide bonds. The van der Waals surface area contributed by atoms with Crippen molar-refractivity contribution in [1.29, 1.82) is 0 Å². The number of thiazole rings is 1. The number of aliphatic hydroxyl groups is 1. The number of aromatic nitrogens is 1. The van der Waals surface area contributed by atoms with Crippen LogP contribution in [-0.2, 0) is 9.59 Å². The molecule has 0 bridgehead atoms. The minimum atomic E-state index is -0.975. The Hall–Kier alpha value is -3.85. The van der Waals surface area contributed by atoms with E-state index in [0.29, 0.717) is 40.1 Å². The highest BCUT2D eigenvalue weighted by Crippen LogP contribution is 2.47. The molecule has 0 aliphatic carbocycles. The first-order chi connectivity index (χ1) is 16.8. The molecule has 0 saturated carbocycles. The van der Waals surface area contributed by atoms with Gasteiger partial charge in [0, 0.05) is 16.0 Å². The summed E-state index contributed by atoms with van der Waals surface area (Å²) in [5.74, 6) is -0.305. The van der Waals surface area contributed by atoms with Gasteiger partial charge >= 0.3 is 5.91 Å². The van der Waals surface area contributed by atoms with Crippen molar-refractivity contribution in [2.75, 3.05) is 25.7 Å². The molecular formula is C26H26N2O6S. The normalized spacial score (nSPS) is 17.1. The Morgan fingerprint density at radius 3 is 2.31 bits per heavy atom. The van der Waals surface area contributed by atoms with Crippen LogP contribution < -0.4 is 19.1 Å². The number of nitrogens with zero attached hydrogens (tertiary/aromatic N) is 2. The number of benzene rings is 2. The average molecular weight is 495 g/mol. The SMILES string of the molecule is CCOc1ccc(C(O)=C2C(=O)C(=O)N(c3nc(C)c(C)s3)[C@H]2c2cc(OC)ccc2OC)cc1. The number of Topliss-reactive ketones (excluding diaryl/α,β-unsaturated/α-hetero) is 1. The monoisotopic (exact) mass is 494 g/mol. The predicted molar refractivity (Wildman–Crippen MR) is 134 cm³/mol. The van der Waals surface area contributed by atoms with Crippen LogP contribution in [0, 0.1) is 13.8 Å². The molecule has 1 aliphatic rings. The lowest BCUT2D eigenvalue weighted by Crippen LogP contribution is -2.29. The van der Waals surface area contributed by atoms with Crippen LogP contribution >= 0.6 is 11.3 Å². The summed E-state index contributed by atoms with van der Waals surface area (Å²) in [5, 5.41) is 11.7. The second kappa shape index (κ2) is 9.79. The van der Waals surface area contributed by atoms with E-state index in [0.717, 1.165) is 10.6 Å². The zero-order valence-electron chi connectivity index (χ0n) is 20.1. The maximum Gasteiger partial charge on any atom is 0.301 e. The fourth-order valence-electron chi connectivity index (χ4n) is 3.97. The molecule has 1 aromatic heterocycles. The molecule has 1 fully saturated rings. The van der Waals surface area contributed by atoms with Gasteiger partial charge in [-0.15, -0.1) is 11.3 Å². The van der Waals surface area contributed by atoms with Gasteiger partial charge < -0.3 is 19.3 Å². The highest BCUT2D eigenvalue weighted by Gasteiger charge is 2.49. The molecule has 4 rings (SSSR count). The van der Waals surface area contributed by atoms with E-state index in [1.807, 2.05) is 20.8 Å². The van der Waals surface area contributed by atoms with Gasteiger partial charge in [-0.3, -0.25) is 14.5 Å². The number of ether oxygens (including phenoxy) is 3. The van der Waals surface area contributed by atoms with Gasteiger partial charge in [-0.25, -0.2) is 4.98 Å². The third-order valence-electron chi connectivity index (χ3n) is 5.84. The van der Waals surface area contributed by atoms with E-state index in [-0.39, 0.29) is 11.3 Å². The van der Waals surface area contributed by atoms with E-state index in [9.17, 15) is 14.7 Å². The van der Waals surface area contributed by atoms with E-state index in [2.05, 4.69) is 4.98 Å². The Balaban J connectivity index is 1.96. The number of rotatable bonds is 7. The lowest BCUT2D eigenvalue weighted by atomic mass is 9.94. The number of aliphatic hydroxyl groups excluding tert-OH is 1. The summed E-state index contributed by atoms with van der Waals surface area (Å²) < 4.78 is 16.4. The van der Waals surface area contributed by atoms with Gasteiger partial charge in [0.1, 0.15) is 29.0 Å². The van der Waals surface area contributed by atoms with Crippen LogP contribution in [0.4, 0.5) is 5.13 Å². The van der Waals surface area contributed by atoms with Gasteiger partial charge in [0.25, 0.3) is 5.78 Å². The van der Waals surface area contributed by atoms with Gasteiger partial charge in [0.05, 0.1) is 32.1 Å². The number of methoxy groups -OCH3 is 2. The summed E-state index contributed by atoms with van der Waals surface area (Å²) in [6.07, 6.45) is 0. The van der Waals surface area contributed by atoms with Crippen LogP contribution in [0.3, 0.4) is 0 Å². The summed E-state index contributed by atoms with van der Waals surface area (Å²) in [7, 11) is 3.03. The molecule has 182 valence electrons. The van der Waals surface area contributed by atoms with Crippen LogP contribution in [0.15, 0.2) is 48.0 Å². The maximum absolute atomic E-state index is 13.4. The number of hydrogen-bond donors (Lipinski definition) is 1. The van der Waals surface area contributed by atoms with Gasteiger partial charge in [-0.2, -0.15) is 0 Å². The molecule has 0 unspecified atom stereocenters. The number of ketones is 1. The summed E-state index contributed by atoms with van der Waals surface area (Å²) >= 11 is 1.31. The van der Waals surface area contributed by atoms with Crippen LogP contribution in [0.2, 0.25) is 0 Å². The molecule has 0 spiro atoms. The molecule has 3 aromatic rings. The lowest BCUT2D eigenvalue weighted by Gasteiger charge is -2.25. The maximum atomic E-state index is 13.4. The third-order valence-corrected chi connectivity index (χ3v) is 6.91. The van der Waals surface area contributed by atoms with Crippen molar-refractivity contribution in [3.63, 3.8) is 0 Å². The Bertz CT molecular complexity index is 1290. The Labute approximate surface area is 207 Å². The number of aryl methyl sites for hydroxylation is 2. The summed E-state index contributed by atoms with van der Waals surface area (Å²) in [5.41, 5.74) is 1.57. The standard InChI is InChI=1S/C26H26N2O6S/c1-6-34-17-9-7-16(8-10-17)23(29)21-22(19-13-18(32-4)11-12-20(19)33-5)28(25(31)24(21)30)26-27-14(2)15(3)35-26/h7-13,22,29H,6H2,1-5H3/t22-/m0/s1. The van der Waals surface area contributed by atoms with E-state index in [4.69, 9.17) is 14.2 Å². The molecule has 9 heteroatoms. The van der Waals surface area contributed by atoms with Crippen LogP contribution in [-0.4, -0.2) is 42.6 Å². The molecule has 1 aliphatic heterocycles. The first-order valence-corrected chi connectivity index (χ1v) is 11.8. The van der Waals surface area contributed by atoms with Crippen LogP contribution in [0.5, 0.6) is 17.2 Å². The van der Waals surface area contributed by atoms with E-state index < -0.39 is 17.7 Å². The Kier molecular flexibility index (Phi) is 6.79. The van der Waals surface area contributed by atoms with Crippen molar-refractivity contribution in [3.05, 3.63) is 69.7 Å². The summed E-state index contributed by atoms with van der Waals surface area (Å²) in [6, 6.07) is 10.8. The lowest BCUT2D eigenvalue weighted by molar-refractivity contribution is -0.132. The molecule has 35 heavy (non-hydrogen) atoms. The topological polar surface area (TPSA) is 98.2 Å². The van der Waals surface area contributed by atoms with E-state index >= 15 is 0 Å². The summed E-state index contributed by atoms with van der Waals surface area (Å²) in [4.78, 5) is 33.5. The first-order valence-electron chi connectivity index (χ1n) is 11.0. The van der Waals surface area contributed by atoms with Crippen molar-refractivity contribution < 1.29 is 28.9 Å². The van der Waals surface area contributed by atoms with Crippen LogP contribution in [0.25, 0.3) is 5.76 Å². The number of anilines is 1. The number of amides is 1. The molecule has 0 radical (unpaired) electrons. The molecule has 2 aromatic carbocycles. The minimum Gasteiger partial charge on any atom is -0.507 e. The Morgan fingerprint density at radius 1 is 1.06 bits per heavy atom. The van der Waals surface area contributed by atoms with E-state index in [1.165, 1.54) is 30.5 Å². The molecule has 8 nitrogen and oxygen atoms in total. The molecule has 2 heterocycles. The zero-order chi connectivity index (χ0) is 25.3. The molecular weight excluding hydrogens is 468 g/mol. The molecule has 1 saturated heterocycles. The number of carbonyl (C=O) groups excluding carboxylic acids is 2. The summed E-state index contributed by atoms with van der Waals surface area (Å²) in [6.45, 7) is 6.11. The van der Waals surface area contributed by atoms with E-state index in [1.54, 1.807) is 42.5 Å². The zero-order valence-corrected chi connectivity index (χ0v) is 20.9. The van der Waals surface area contributed by atoms with Gasteiger partial charge in [-0.05, 0) is 63.2 Å². The smallest absolute Gasteiger partial charge is 0.301 e. The first kappa shape index (κ1) is 24.3. The number of carbonyl (C=O) groups is 2. The van der Waals surface area contributed by atoms with Crippen molar-refractivity contribution in [1.82, 2.24) is 4.98 Å². The van der Waals surface area contributed by atoms with Gasteiger partial charge in [0.15, 0.2) is 5.13 Å². The highest BCUT2D eigenvalue weighted by atomic mass is 32.1.